The van der Waals surface area contributed by atoms with Crippen molar-refractivity contribution >= 4 is 17.3 Å². The molecular formula is C13H16ClNO2. The van der Waals surface area contributed by atoms with Gasteiger partial charge in [-0.3, -0.25) is 0 Å². The molecule has 0 amide bonds. The Kier molecular flexibility index (Phi) is 2.41. The SMILES string of the molecule is Cc1cc(Cl)cc(N2COC3(CC3C)C2O)c1. The standard InChI is InChI=1S/C13H16ClNO2/c1-8-3-10(14)5-11(4-8)15-7-17-13(12(15)16)6-9(13)2/h3-5,9,12,16H,6-7H2,1-2H3. The van der Waals surface area contributed by atoms with Crippen LogP contribution >= 0.6 is 11.6 Å². The molecule has 3 rings (SSSR count). The summed E-state index contributed by atoms with van der Waals surface area (Å²) in [6, 6.07) is 5.79. The number of nitrogens with zero attached hydrogens (tertiary/aromatic N) is 1. The van der Waals surface area contributed by atoms with Gasteiger partial charge in [0.2, 0.25) is 0 Å². The van der Waals surface area contributed by atoms with Crippen molar-refractivity contribution in [3.8, 4) is 0 Å². The quantitative estimate of drug-likeness (QED) is 0.835. The minimum atomic E-state index is -0.560. The summed E-state index contributed by atoms with van der Waals surface area (Å²) < 4.78 is 5.76. The number of aryl methyl sites for hydroxylation is 1. The van der Waals surface area contributed by atoms with Gasteiger partial charge in [0.15, 0.2) is 6.23 Å². The second-order valence-electron chi connectivity index (χ2n) is 5.16. The molecule has 2 aliphatic rings. The van der Waals surface area contributed by atoms with Crippen LogP contribution in [0.3, 0.4) is 0 Å². The van der Waals surface area contributed by atoms with Crippen LogP contribution < -0.4 is 4.90 Å². The first-order valence-electron chi connectivity index (χ1n) is 5.89. The lowest BCUT2D eigenvalue weighted by molar-refractivity contribution is 0.0112. The molecule has 3 atom stereocenters. The summed E-state index contributed by atoms with van der Waals surface area (Å²) in [7, 11) is 0. The number of aliphatic hydroxyl groups excluding tert-OH is 1. The lowest BCUT2D eigenvalue weighted by atomic mass is 10.2. The first kappa shape index (κ1) is 11.3. The summed E-state index contributed by atoms with van der Waals surface area (Å²) in [6.07, 6.45) is 0.375. The molecule has 1 aromatic rings. The van der Waals surface area contributed by atoms with Crippen molar-refractivity contribution in [1.82, 2.24) is 0 Å². The molecule has 1 aromatic carbocycles. The van der Waals surface area contributed by atoms with E-state index in [9.17, 15) is 5.11 Å². The van der Waals surface area contributed by atoms with Gasteiger partial charge in [0, 0.05) is 10.7 Å². The molecule has 3 unspecified atom stereocenters. The van der Waals surface area contributed by atoms with E-state index in [0.29, 0.717) is 17.7 Å². The normalized spacial score (nSPS) is 35.6. The molecule has 17 heavy (non-hydrogen) atoms. The Balaban J connectivity index is 1.90. The predicted molar refractivity (Wildman–Crippen MR) is 67.1 cm³/mol. The first-order valence-corrected chi connectivity index (χ1v) is 6.26. The van der Waals surface area contributed by atoms with Gasteiger partial charge in [-0.1, -0.05) is 18.5 Å². The second-order valence-corrected chi connectivity index (χ2v) is 5.60. The Morgan fingerprint density at radius 1 is 1.47 bits per heavy atom. The van der Waals surface area contributed by atoms with Crippen LogP contribution in [0.4, 0.5) is 5.69 Å². The minimum Gasteiger partial charge on any atom is -0.370 e. The smallest absolute Gasteiger partial charge is 0.158 e. The molecule has 0 bridgehead atoms. The number of rotatable bonds is 1. The van der Waals surface area contributed by atoms with Crippen molar-refractivity contribution in [2.24, 2.45) is 5.92 Å². The highest BCUT2D eigenvalue weighted by molar-refractivity contribution is 6.30. The zero-order chi connectivity index (χ0) is 12.2. The molecule has 1 N–H and O–H groups in total. The number of hydrogen-bond donors (Lipinski definition) is 1. The monoisotopic (exact) mass is 253 g/mol. The van der Waals surface area contributed by atoms with Gasteiger partial charge in [-0.05, 0) is 43.0 Å². The van der Waals surface area contributed by atoms with E-state index < -0.39 is 6.23 Å². The van der Waals surface area contributed by atoms with Crippen LogP contribution in [0.25, 0.3) is 0 Å². The van der Waals surface area contributed by atoms with Crippen LogP contribution in [0, 0.1) is 12.8 Å². The van der Waals surface area contributed by atoms with E-state index in [1.807, 2.05) is 30.0 Å². The molecule has 1 aliphatic heterocycles. The fourth-order valence-corrected chi connectivity index (χ4v) is 2.96. The molecule has 0 aromatic heterocycles. The third kappa shape index (κ3) is 1.65. The van der Waals surface area contributed by atoms with E-state index in [1.54, 1.807) is 0 Å². The largest absolute Gasteiger partial charge is 0.370 e. The highest BCUT2D eigenvalue weighted by Gasteiger charge is 2.63. The summed E-state index contributed by atoms with van der Waals surface area (Å²) in [6.45, 7) is 4.54. The number of hydrogen-bond acceptors (Lipinski definition) is 3. The summed E-state index contributed by atoms with van der Waals surface area (Å²) >= 11 is 6.04. The Morgan fingerprint density at radius 3 is 2.71 bits per heavy atom. The molecule has 3 nitrogen and oxygen atoms in total. The van der Waals surface area contributed by atoms with E-state index in [0.717, 1.165) is 17.7 Å². The van der Waals surface area contributed by atoms with E-state index in [4.69, 9.17) is 16.3 Å². The van der Waals surface area contributed by atoms with Crippen LogP contribution in [0.15, 0.2) is 18.2 Å². The van der Waals surface area contributed by atoms with Crippen molar-refractivity contribution in [1.29, 1.82) is 0 Å². The highest BCUT2D eigenvalue weighted by atomic mass is 35.5. The molecule has 2 fully saturated rings. The molecule has 1 saturated heterocycles. The van der Waals surface area contributed by atoms with Gasteiger partial charge in [-0.2, -0.15) is 0 Å². The zero-order valence-corrected chi connectivity index (χ0v) is 10.7. The Bertz CT molecular complexity index is 444. The summed E-state index contributed by atoms with van der Waals surface area (Å²) in [5.41, 5.74) is 1.68. The maximum absolute atomic E-state index is 10.3. The lowest BCUT2D eigenvalue weighted by Crippen LogP contribution is -2.37. The van der Waals surface area contributed by atoms with E-state index in [2.05, 4.69) is 6.92 Å². The molecule has 1 heterocycles. The summed E-state index contributed by atoms with van der Waals surface area (Å²) in [4.78, 5) is 1.88. The van der Waals surface area contributed by atoms with Crippen molar-refractivity contribution in [3.05, 3.63) is 28.8 Å². The molecule has 0 radical (unpaired) electrons. The zero-order valence-electron chi connectivity index (χ0n) is 9.98. The van der Waals surface area contributed by atoms with Gasteiger partial charge < -0.3 is 14.7 Å². The molecular weight excluding hydrogens is 238 g/mol. The van der Waals surface area contributed by atoms with Gasteiger partial charge in [0.25, 0.3) is 0 Å². The number of anilines is 1. The lowest BCUT2D eigenvalue weighted by Gasteiger charge is -2.23. The predicted octanol–water partition coefficient (Wildman–Crippen LogP) is 2.54. The Morgan fingerprint density at radius 2 is 2.18 bits per heavy atom. The van der Waals surface area contributed by atoms with Gasteiger partial charge in [-0.15, -0.1) is 0 Å². The van der Waals surface area contributed by atoms with Crippen molar-refractivity contribution in [2.45, 2.75) is 32.1 Å². The molecule has 1 saturated carbocycles. The fourth-order valence-electron chi connectivity index (χ4n) is 2.68. The summed E-state index contributed by atoms with van der Waals surface area (Å²) in [5, 5.41) is 11.0. The van der Waals surface area contributed by atoms with Crippen LogP contribution in [0.5, 0.6) is 0 Å². The molecule has 92 valence electrons. The average Bonchev–Trinajstić information content (AvgIpc) is 2.77. The van der Waals surface area contributed by atoms with Crippen LogP contribution in [-0.2, 0) is 4.74 Å². The number of aliphatic hydroxyl groups is 1. The van der Waals surface area contributed by atoms with Crippen LogP contribution in [0.2, 0.25) is 5.02 Å². The van der Waals surface area contributed by atoms with E-state index in [-0.39, 0.29) is 5.60 Å². The Labute approximate surface area is 106 Å². The van der Waals surface area contributed by atoms with Crippen molar-refractivity contribution < 1.29 is 9.84 Å². The second kappa shape index (κ2) is 3.61. The molecule has 1 aliphatic carbocycles. The van der Waals surface area contributed by atoms with Crippen molar-refractivity contribution in [2.75, 3.05) is 11.6 Å². The third-order valence-corrected chi connectivity index (χ3v) is 4.08. The van der Waals surface area contributed by atoms with Gasteiger partial charge >= 0.3 is 0 Å². The van der Waals surface area contributed by atoms with Gasteiger partial charge in [0.1, 0.15) is 12.3 Å². The number of halogens is 1. The maximum atomic E-state index is 10.3. The number of benzene rings is 1. The Hall–Kier alpha value is -0.770. The first-order chi connectivity index (χ1) is 8.03. The highest BCUT2D eigenvalue weighted by Crippen LogP contribution is 2.53. The van der Waals surface area contributed by atoms with Crippen molar-refractivity contribution in [3.63, 3.8) is 0 Å². The van der Waals surface area contributed by atoms with Crippen LogP contribution in [0.1, 0.15) is 18.9 Å². The topological polar surface area (TPSA) is 32.7 Å². The number of ether oxygens (including phenoxy) is 1. The maximum Gasteiger partial charge on any atom is 0.158 e. The summed E-state index contributed by atoms with van der Waals surface area (Å²) in [5.74, 6) is 0.433. The van der Waals surface area contributed by atoms with E-state index >= 15 is 0 Å². The minimum absolute atomic E-state index is 0.337. The van der Waals surface area contributed by atoms with Gasteiger partial charge in [0.05, 0.1) is 0 Å². The fraction of sp³-hybridized carbons (Fsp3) is 0.538. The molecule has 1 spiro atoms. The average molecular weight is 254 g/mol. The van der Waals surface area contributed by atoms with Crippen LogP contribution in [-0.4, -0.2) is 23.7 Å². The van der Waals surface area contributed by atoms with E-state index in [1.165, 1.54) is 0 Å². The third-order valence-electron chi connectivity index (χ3n) is 3.86. The van der Waals surface area contributed by atoms with Gasteiger partial charge in [-0.25, -0.2) is 0 Å². The molecule has 4 heteroatoms.